The molecule has 0 bridgehead atoms. The second-order valence-electron chi connectivity index (χ2n) is 7.40. The molecule has 0 spiro atoms. The number of sulfonamides is 1. The van der Waals surface area contributed by atoms with Crippen molar-refractivity contribution in [1.29, 1.82) is 0 Å². The van der Waals surface area contributed by atoms with Crippen molar-refractivity contribution in [2.24, 2.45) is 0 Å². The molecule has 1 aromatic carbocycles. The summed E-state index contributed by atoms with van der Waals surface area (Å²) in [7, 11) is -3.84. The van der Waals surface area contributed by atoms with Gasteiger partial charge in [-0.2, -0.15) is 0 Å². The van der Waals surface area contributed by atoms with E-state index in [1.807, 2.05) is 11.4 Å². The lowest BCUT2D eigenvalue weighted by Crippen LogP contribution is -2.38. The fourth-order valence-electron chi connectivity index (χ4n) is 3.45. The molecule has 0 radical (unpaired) electrons. The highest BCUT2D eigenvalue weighted by atomic mass is 32.2. The van der Waals surface area contributed by atoms with Crippen LogP contribution in [0.1, 0.15) is 23.3 Å². The van der Waals surface area contributed by atoms with Gasteiger partial charge in [-0.25, -0.2) is 13.1 Å². The summed E-state index contributed by atoms with van der Waals surface area (Å²) in [5, 5.41) is 2.01. The SMILES string of the molecule is O=C(CCNS(=O)(=O)c1ccc2c(c1)OCCCO2)OCC(=O)N1CCc2sccc2C1. The Morgan fingerprint density at radius 2 is 1.97 bits per heavy atom. The Morgan fingerprint density at radius 1 is 1.16 bits per heavy atom. The van der Waals surface area contributed by atoms with Crippen molar-refractivity contribution in [1.82, 2.24) is 9.62 Å². The zero-order valence-corrected chi connectivity index (χ0v) is 19.0. The minimum absolute atomic E-state index is 0.0168. The average molecular weight is 481 g/mol. The summed E-state index contributed by atoms with van der Waals surface area (Å²) in [6.07, 6.45) is 1.33. The van der Waals surface area contributed by atoms with Crippen molar-refractivity contribution in [3.05, 3.63) is 40.1 Å². The lowest BCUT2D eigenvalue weighted by Gasteiger charge is -2.26. The van der Waals surface area contributed by atoms with Crippen molar-refractivity contribution in [2.75, 3.05) is 32.9 Å². The van der Waals surface area contributed by atoms with E-state index in [1.165, 1.54) is 17.0 Å². The number of hydrogen-bond donors (Lipinski definition) is 1. The van der Waals surface area contributed by atoms with Gasteiger partial charge in [0.1, 0.15) is 0 Å². The highest BCUT2D eigenvalue weighted by molar-refractivity contribution is 7.89. The van der Waals surface area contributed by atoms with Crippen LogP contribution in [0.25, 0.3) is 0 Å². The molecule has 32 heavy (non-hydrogen) atoms. The van der Waals surface area contributed by atoms with Crippen LogP contribution in [0.3, 0.4) is 0 Å². The van der Waals surface area contributed by atoms with Crippen LogP contribution in [0.2, 0.25) is 0 Å². The number of carbonyl (C=O) groups is 2. The minimum Gasteiger partial charge on any atom is -0.490 e. The number of amides is 1. The Morgan fingerprint density at radius 3 is 2.81 bits per heavy atom. The summed E-state index contributed by atoms with van der Waals surface area (Å²) in [6.45, 7) is 1.57. The molecule has 0 saturated heterocycles. The number of ether oxygens (including phenoxy) is 3. The van der Waals surface area contributed by atoms with Crippen LogP contribution in [0.5, 0.6) is 11.5 Å². The zero-order chi connectivity index (χ0) is 22.6. The van der Waals surface area contributed by atoms with E-state index in [1.54, 1.807) is 22.3 Å². The number of nitrogens with zero attached hydrogens (tertiary/aromatic N) is 1. The predicted molar refractivity (Wildman–Crippen MR) is 116 cm³/mol. The predicted octanol–water partition coefficient (Wildman–Crippen LogP) is 1.71. The number of rotatable bonds is 7. The van der Waals surface area contributed by atoms with Crippen LogP contribution in [-0.4, -0.2) is 58.1 Å². The molecule has 172 valence electrons. The van der Waals surface area contributed by atoms with E-state index in [9.17, 15) is 18.0 Å². The van der Waals surface area contributed by atoms with E-state index < -0.39 is 16.0 Å². The average Bonchev–Trinajstić information content (AvgIpc) is 3.13. The third-order valence-corrected chi connectivity index (χ3v) is 7.65. The maximum atomic E-state index is 12.5. The molecule has 1 N–H and O–H groups in total. The van der Waals surface area contributed by atoms with E-state index in [4.69, 9.17) is 14.2 Å². The van der Waals surface area contributed by atoms with Crippen molar-refractivity contribution < 1.29 is 32.2 Å². The van der Waals surface area contributed by atoms with Crippen molar-refractivity contribution in [2.45, 2.75) is 30.7 Å². The van der Waals surface area contributed by atoms with E-state index in [-0.39, 0.29) is 30.4 Å². The van der Waals surface area contributed by atoms with Gasteiger partial charge in [0.05, 0.1) is 24.5 Å². The van der Waals surface area contributed by atoms with E-state index in [0.717, 1.165) is 12.0 Å². The Kier molecular flexibility index (Phi) is 6.97. The van der Waals surface area contributed by atoms with Crippen LogP contribution in [0, 0.1) is 0 Å². The molecule has 2 aliphatic heterocycles. The fourth-order valence-corrected chi connectivity index (χ4v) is 5.39. The first-order valence-corrected chi connectivity index (χ1v) is 12.7. The van der Waals surface area contributed by atoms with E-state index in [2.05, 4.69) is 4.72 Å². The molecule has 2 aromatic rings. The summed E-state index contributed by atoms with van der Waals surface area (Å²) >= 11 is 1.68. The summed E-state index contributed by atoms with van der Waals surface area (Å²) in [5.41, 5.74) is 1.13. The van der Waals surface area contributed by atoms with Gasteiger partial charge in [0, 0.05) is 37.0 Å². The zero-order valence-electron chi connectivity index (χ0n) is 17.4. The van der Waals surface area contributed by atoms with Crippen LogP contribution in [-0.2, 0) is 37.3 Å². The lowest BCUT2D eigenvalue weighted by molar-refractivity contribution is -0.152. The first-order valence-electron chi connectivity index (χ1n) is 10.3. The maximum absolute atomic E-state index is 12.5. The molecular weight excluding hydrogens is 456 g/mol. The standard InChI is InChI=1S/C21H24N2O7S2/c24-20(23-8-5-19-15(13-23)6-11-31-19)14-30-21(25)4-7-22-32(26,27)16-2-3-17-18(12-16)29-10-1-9-28-17/h2-3,6,11-12,22H,1,4-5,7-10,13-14H2. The molecule has 1 aromatic heterocycles. The smallest absolute Gasteiger partial charge is 0.307 e. The summed E-state index contributed by atoms with van der Waals surface area (Å²) in [6, 6.07) is 6.37. The molecule has 0 atom stereocenters. The van der Waals surface area contributed by atoms with Crippen LogP contribution in [0.4, 0.5) is 0 Å². The van der Waals surface area contributed by atoms with Crippen molar-refractivity contribution >= 4 is 33.2 Å². The number of benzene rings is 1. The van der Waals surface area contributed by atoms with Gasteiger partial charge in [-0.1, -0.05) is 0 Å². The Hall–Kier alpha value is -2.63. The second kappa shape index (κ2) is 9.88. The van der Waals surface area contributed by atoms with Gasteiger partial charge >= 0.3 is 5.97 Å². The van der Waals surface area contributed by atoms with Crippen LogP contribution in [0.15, 0.2) is 34.5 Å². The molecule has 9 nitrogen and oxygen atoms in total. The third-order valence-electron chi connectivity index (χ3n) is 5.17. The first kappa shape index (κ1) is 22.6. The first-order chi connectivity index (χ1) is 15.4. The highest BCUT2D eigenvalue weighted by Crippen LogP contribution is 2.31. The van der Waals surface area contributed by atoms with Gasteiger partial charge in [0.15, 0.2) is 18.1 Å². The maximum Gasteiger partial charge on any atom is 0.307 e. The Balaban J connectivity index is 1.22. The molecular formula is C21H24N2O7S2. The van der Waals surface area contributed by atoms with Gasteiger partial charge < -0.3 is 19.1 Å². The molecule has 0 aliphatic carbocycles. The van der Waals surface area contributed by atoms with E-state index >= 15 is 0 Å². The Bertz CT molecular complexity index is 1100. The number of hydrogen-bond acceptors (Lipinski definition) is 8. The number of thiophene rings is 1. The van der Waals surface area contributed by atoms with Gasteiger partial charge in [0.2, 0.25) is 10.0 Å². The molecule has 0 saturated carbocycles. The van der Waals surface area contributed by atoms with Crippen molar-refractivity contribution in [3.8, 4) is 11.5 Å². The molecule has 2 aliphatic rings. The normalized spacial score (nSPS) is 15.6. The summed E-state index contributed by atoms with van der Waals surface area (Å²) < 4.78 is 43.5. The van der Waals surface area contributed by atoms with Gasteiger partial charge in [-0.15, -0.1) is 11.3 Å². The third kappa shape index (κ3) is 5.40. The lowest BCUT2D eigenvalue weighted by atomic mass is 10.1. The molecule has 4 rings (SSSR count). The minimum atomic E-state index is -3.84. The van der Waals surface area contributed by atoms with Gasteiger partial charge in [-0.05, 0) is 35.6 Å². The van der Waals surface area contributed by atoms with Gasteiger partial charge in [-0.3, -0.25) is 9.59 Å². The van der Waals surface area contributed by atoms with Crippen molar-refractivity contribution in [3.63, 3.8) is 0 Å². The van der Waals surface area contributed by atoms with Crippen LogP contribution >= 0.6 is 11.3 Å². The van der Waals surface area contributed by atoms with E-state index in [0.29, 0.717) is 44.2 Å². The fraction of sp³-hybridized carbons (Fsp3) is 0.429. The van der Waals surface area contributed by atoms with Crippen LogP contribution < -0.4 is 14.2 Å². The number of fused-ring (bicyclic) bond motifs is 2. The topological polar surface area (TPSA) is 111 Å². The highest BCUT2D eigenvalue weighted by Gasteiger charge is 2.23. The Labute approximate surface area is 190 Å². The molecule has 0 unspecified atom stereocenters. The molecule has 1 amide bonds. The van der Waals surface area contributed by atoms with Gasteiger partial charge in [0.25, 0.3) is 5.91 Å². The molecule has 0 fully saturated rings. The summed E-state index contributed by atoms with van der Waals surface area (Å²) in [5.74, 6) is -0.0369. The second-order valence-corrected chi connectivity index (χ2v) is 10.2. The quantitative estimate of drug-likeness (QED) is 0.601. The number of nitrogens with one attached hydrogen (secondary N) is 1. The number of esters is 1. The molecule has 3 heterocycles. The summed E-state index contributed by atoms with van der Waals surface area (Å²) in [4.78, 5) is 27.3. The monoisotopic (exact) mass is 480 g/mol. The number of carbonyl (C=O) groups excluding carboxylic acids is 2. The largest absolute Gasteiger partial charge is 0.490 e. The molecule has 11 heteroatoms.